The second kappa shape index (κ2) is 2.52. The van der Waals surface area contributed by atoms with Gasteiger partial charge in [0.2, 0.25) is 0 Å². The van der Waals surface area contributed by atoms with Crippen molar-refractivity contribution in [3.05, 3.63) is 35.4 Å². The lowest BCUT2D eigenvalue weighted by molar-refractivity contribution is 0.0696. The van der Waals surface area contributed by atoms with Crippen LogP contribution in [0.4, 0.5) is 0 Å². The fourth-order valence-corrected chi connectivity index (χ4v) is 0.813. The van der Waals surface area contributed by atoms with Gasteiger partial charge in [-0.1, -0.05) is 18.2 Å². The fourth-order valence-electron chi connectivity index (χ4n) is 0.813. The Kier molecular flexibility index (Phi) is 1.71. The third-order valence-corrected chi connectivity index (χ3v) is 1.38. The molecule has 1 aromatic rings. The molecular weight excluding hydrogens is 129 g/mol. The second-order valence-electron chi connectivity index (χ2n) is 2.12. The Morgan fingerprint density at radius 1 is 1.40 bits per heavy atom. The van der Waals surface area contributed by atoms with Crippen LogP contribution in [0.25, 0.3) is 0 Å². The Labute approximate surface area is 59.1 Å². The Morgan fingerprint density at radius 2 is 2.00 bits per heavy atom. The molecule has 1 N–H and O–H groups in total. The van der Waals surface area contributed by atoms with Gasteiger partial charge in [-0.2, -0.15) is 0 Å². The minimum atomic E-state index is -0.863. The average molecular weight is 137 g/mol. The summed E-state index contributed by atoms with van der Waals surface area (Å²) >= 11 is 0. The van der Waals surface area contributed by atoms with Gasteiger partial charge in [-0.25, -0.2) is 4.79 Å². The number of carboxylic acid groups (broad SMARTS) is 1. The van der Waals surface area contributed by atoms with Gasteiger partial charge in [0, 0.05) is 0 Å². The van der Waals surface area contributed by atoms with E-state index in [4.69, 9.17) is 5.11 Å². The van der Waals surface area contributed by atoms with E-state index in [0.29, 0.717) is 5.56 Å². The molecule has 0 spiro atoms. The van der Waals surface area contributed by atoms with Crippen LogP contribution in [-0.4, -0.2) is 11.1 Å². The smallest absolute Gasteiger partial charge is 0.335 e. The molecule has 0 atom stereocenters. The molecule has 1 aromatic carbocycles. The van der Waals surface area contributed by atoms with Crippen molar-refractivity contribution >= 4 is 5.97 Å². The van der Waals surface area contributed by atoms with Crippen molar-refractivity contribution in [2.45, 2.75) is 6.92 Å². The Morgan fingerprint density at radius 3 is 2.40 bits per heavy atom. The topological polar surface area (TPSA) is 37.3 Å². The fraction of sp³-hybridized carbons (Fsp3) is 0.125. The summed E-state index contributed by atoms with van der Waals surface area (Å²) in [5.41, 5.74) is 1.18. The van der Waals surface area contributed by atoms with Gasteiger partial charge in [-0.15, -0.1) is 0 Å². The first-order valence-electron chi connectivity index (χ1n) is 3.01. The predicted molar refractivity (Wildman–Crippen MR) is 38.1 cm³/mol. The molecule has 0 heterocycles. The maximum absolute atomic E-state index is 10.4. The zero-order valence-electron chi connectivity index (χ0n) is 5.66. The number of carboxylic acids is 1. The van der Waals surface area contributed by atoms with E-state index >= 15 is 0 Å². The lowest BCUT2D eigenvalue weighted by atomic mass is 10.3. The number of rotatable bonds is 1. The van der Waals surface area contributed by atoms with Crippen molar-refractivity contribution in [1.82, 2.24) is 0 Å². The summed E-state index contributed by atoms with van der Waals surface area (Å²) in [6, 6.07) is 6.92. The van der Waals surface area contributed by atoms with Crippen molar-refractivity contribution in [1.29, 1.82) is 0 Å². The predicted octanol–water partition coefficient (Wildman–Crippen LogP) is 1.69. The highest BCUT2D eigenvalue weighted by atomic mass is 16.4. The van der Waals surface area contributed by atoms with E-state index < -0.39 is 5.97 Å². The third kappa shape index (κ3) is 1.16. The summed E-state index contributed by atoms with van der Waals surface area (Å²) in [6.07, 6.45) is 0. The molecule has 2 heteroatoms. The molecule has 0 bridgehead atoms. The zero-order chi connectivity index (χ0) is 7.56. The number of hydrogen-bond donors (Lipinski definition) is 1. The van der Waals surface area contributed by atoms with Crippen LogP contribution in [-0.2, 0) is 0 Å². The van der Waals surface area contributed by atoms with Gasteiger partial charge in [0.25, 0.3) is 0 Å². The number of aryl methyl sites for hydroxylation is 1. The first-order valence-corrected chi connectivity index (χ1v) is 3.01. The average Bonchev–Trinajstić information content (AvgIpc) is 1.88. The number of aromatic carboxylic acids is 1. The van der Waals surface area contributed by atoms with E-state index in [2.05, 4.69) is 0 Å². The SMILES string of the molecule is Cc1cccc[13c]1C(=O)O. The summed E-state index contributed by atoms with van der Waals surface area (Å²) in [7, 11) is 0. The van der Waals surface area contributed by atoms with Crippen LogP contribution in [0.1, 0.15) is 15.9 Å². The highest BCUT2D eigenvalue weighted by molar-refractivity contribution is 5.89. The summed E-state index contributed by atoms with van der Waals surface area (Å²) in [5, 5.41) is 8.57. The molecule has 52 valence electrons. The van der Waals surface area contributed by atoms with Crippen LogP contribution < -0.4 is 0 Å². The van der Waals surface area contributed by atoms with Crippen molar-refractivity contribution in [2.75, 3.05) is 0 Å². The van der Waals surface area contributed by atoms with E-state index in [0.717, 1.165) is 5.56 Å². The number of benzene rings is 1. The van der Waals surface area contributed by atoms with Crippen LogP contribution in [0.3, 0.4) is 0 Å². The van der Waals surface area contributed by atoms with E-state index in [1.807, 2.05) is 6.07 Å². The summed E-state index contributed by atoms with van der Waals surface area (Å²) < 4.78 is 0. The number of hydrogen-bond acceptors (Lipinski definition) is 1. The Balaban J connectivity index is 3.15. The van der Waals surface area contributed by atoms with Gasteiger partial charge in [-0.05, 0) is 18.6 Å². The lowest BCUT2D eigenvalue weighted by Gasteiger charge is -1.96. The lowest BCUT2D eigenvalue weighted by Crippen LogP contribution is -1.97. The normalized spacial score (nSPS) is 9.30. The second-order valence-corrected chi connectivity index (χ2v) is 2.12. The van der Waals surface area contributed by atoms with Crippen LogP contribution in [0.5, 0.6) is 0 Å². The van der Waals surface area contributed by atoms with Crippen molar-refractivity contribution in [3.63, 3.8) is 0 Å². The minimum Gasteiger partial charge on any atom is -0.478 e. The van der Waals surface area contributed by atoms with E-state index in [1.54, 1.807) is 25.1 Å². The van der Waals surface area contributed by atoms with Gasteiger partial charge in [0.1, 0.15) is 0 Å². The van der Waals surface area contributed by atoms with Crippen molar-refractivity contribution < 1.29 is 9.90 Å². The molecule has 1 rings (SSSR count). The summed E-state index contributed by atoms with van der Waals surface area (Å²) in [4.78, 5) is 10.4. The molecule has 0 amide bonds. The standard InChI is InChI=1S/C8H8O2/c1-6-4-2-3-5-7(6)8(9)10/h2-5H,1H3,(H,9,10)/i7+1. The van der Waals surface area contributed by atoms with Gasteiger partial charge in [0.05, 0.1) is 5.56 Å². The monoisotopic (exact) mass is 137 g/mol. The van der Waals surface area contributed by atoms with E-state index in [9.17, 15) is 4.79 Å². The molecule has 2 nitrogen and oxygen atoms in total. The van der Waals surface area contributed by atoms with Crippen LogP contribution in [0.15, 0.2) is 24.3 Å². The van der Waals surface area contributed by atoms with Crippen LogP contribution in [0, 0.1) is 6.92 Å². The quantitative estimate of drug-likeness (QED) is 0.639. The first-order chi connectivity index (χ1) is 4.72. The van der Waals surface area contributed by atoms with Crippen molar-refractivity contribution in [3.8, 4) is 0 Å². The molecule has 0 aromatic heterocycles. The molecule has 0 saturated heterocycles. The zero-order valence-corrected chi connectivity index (χ0v) is 5.66. The number of carbonyl (C=O) groups is 1. The largest absolute Gasteiger partial charge is 0.478 e. The first kappa shape index (κ1) is 6.81. The van der Waals surface area contributed by atoms with Gasteiger partial charge in [0.15, 0.2) is 0 Å². The molecule has 10 heavy (non-hydrogen) atoms. The van der Waals surface area contributed by atoms with Crippen molar-refractivity contribution in [2.24, 2.45) is 0 Å². The van der Waals surface area contributed by atoms with E-state index in [1.165, 1.54) is 0 Å². The third-order valence-electron chi connectivity index (χ3n) is 1.38. The highest BCUT2D eigenvalue weighted by Crippen LogP contribution is 2.05. The van der Waals surface area contributed by atoms with E-state index in [-0.39, 0.29) is 0 Å². The maximum atomic E-state index is 10.4. The summed E-state index contributed by atoms with van der Waals surface area (Å²) in [6.45, 7) is 1.78. The van der Waals surface area contributed by atoms with Gasteiger partial charge >= 0.3 is 5.97 Å². The molecular formula is C8H8O2. The molecule has 0 saturated carbocycles. The van der Waals surface area contributed by atoms with Gasteiger partial charge < -0.3 is 5.11 Å². The molecule has 0 fully saturated rings. The Hall–Kier alpha value is -1.31. The highest BCUT2D eigenvalue weighted by Gasteiger charge is 2.02. The Bertz CT molecular complexity index is 253. The molecule has 0 unspecified atom stereocenters. The summed E-state index contributed by atoms with van der Waals surface area (Å²) in [5.74, 6) is -0.863. The maximum Gasteiger partial charge on any atom is 0.335 e. The van der Waals surface area contributed by atoms with Crippen LogP contribution >= 0.6 is 0 Å². The molecule has 0 aliphatic carbocycles. The molecule has 0 aliphatic heterocycles. The van der Waals surface area contributed by atoms with Gasteiger partial charge in [-0.3, -0.25) is 0 Å². The minimum absolute atomic E-state index is 0.377. The molecule has 0 aliphatic rings. The molecule has 0 radical (unpaired) electrons. The van der Waals surface area contributed by atoms with Crippen LogP contribution in [0.2, 0.25) is 0 Å².